The van der Waals surface area contributed by atoms with E-state index >= 15 is 0 Å². The van der Waals surface area contributed by atoms with Crippen LogP contribution in [0, 0.1) is 0 Å². The fourth-order valence-electron chi connectivity index (χ4n) is 5.63. The third kappa shape index (κ3) is 6.36. The average Bonchev–Trinajstić information content (AvgIpc) is 3.36. The minimum atomic E-state index is -1.43. The first-order chi connectivity index (χ1) is 23.2. The van der Waals surface area contributed by atoms with Gasteiger partial charge >= 0.3 is 23.9 Å². The summed E-state index contributed by atoms with van der Waals surface area (Å²) >= 11 is 0. The van der Waals surface area contributed by atoms with Gasteiger partial charge in [0.05, 0.1) is 5.41 Å². The molecule has 0 fully saturated rings. The van der Waals surface area contributed by atoms with Gasteiger partial charge in [0.1, 0.15) is 23.0 Å². The molecule has 8 heteroatoms. The zero-order chi connectivity index (χ0) is 35.6. The average molecular weight is 655 g/mol. The van der Waals surface area contributed by atoms with Crippen LogP contribution < -0.4 is 18.9 Å². The lowest BCUT2D eigenvalue weighted by atomic mass is 9.67. The molecule has 0 aromatic heterocycles. The van der Waals surface area contributed by atoms with Crippen LogP contribution in [-0.2, 0) is 24.6 Å². The third-order valence-corrected chi connectivity index (χ3v) is 7.88. The summed E-state index contributed by atoms with van der Waals surface area (Å²) in [5.74, 6) is -2.24. The number of carbonyl (C=O) groups excluding carboxylic acids is 4. The van der Waals surface area contributed by atoms with Crippen LogP contribution in [0.4, 0.5) is 0 Å². The Labute approximate surface area is 284 Å². The molecule has 0 unspecified atom stereocenters. The fourth-order valence-corrected chi connectivity index (χ4v) is 5.63. The largest absolute Gasteiger partial charge is 0.423 e. The van der Waals surface area contributed by atoms with Crippen molar-refractivity contribution in [2.45, 2.75) is 33.1 Å². The van der Waals surface area contributed by atoms with Crippen LogP contribution in [0.1, 0.15) is 49.9 Å². The zero-order valence-electron chi connectivity index (χ0n) is 27.7. The lowest BCUT2D eigenvalue weighted by Crippen LogP contribution is -2.31. The summed E-state index contributed by atoms with van der Waals surface area (Å²) in [6.45, 7) is 21.0. The van der Waals surface area contributed by atoms with E-state index in [-0.39, 0.29) is 45.3 Å². The third-order valence-electron chi connectivity index (χ3n) is 7.88. The predicted molar refractivity (Wildman–Crippen MR) is 186 cm³/mol. The number of ether oxygens (including phenoxy) is 4. The Balaban J connectivity index is 1.97. The predicted octanol–water partition coefficient (Wildman–Crippen LogP) is 7.98. The maximum Gasteiger partial charge on any atom is 0.338 e. The van der Waals surface area contributed by atoms with E-state index in [1.54, 1.807) is 12.1 Å². The molecule has 5 rings (SSSR count). The molecule has 8 nitrogen and oxygen atoms in total. The molecule has 0 saturated heterocycles. The highest BCUT2D eigenvalue weighted by Crippen LogP contribution is 2.60. The summed E-state index contributed by atoms with van der Waals surface area (Å²) in [7, 11) is 0. The number of hydrogen-bond donors (Lipinski definition) is 0. The van der Waals surface area contributed by atoms with Gasteiger partial charge in [-0.2, -0.15) is 0 Å². The van der Waals surface area contributed by atoms with Crippen molar-refractivity contribution in [3.8, 4) is 34.1 Å². The maximum absolute atomic E-state index is 13.1. The van der Waals surface area contributed by atoms with Gasteiger partial charge in [-0.1, -0.05) is 74.8 Å². The number of benzene rings is 4. The molecule has 0 atom stereocenters. The van der Waals surface area contributed by atoms with Crippen molar-refractivity contribution < 1.29 is 38.1 Å². The summed E-state index contributed by atoms with van der Waals surface area (Å²) in [4.78, 5) is 51.7. The van der Waals surface area contributed by atoms with Gasteiger partial charge in [-0.15, -0.1) is 0 Å². The summed E-state index contributed by atoms with van der Waals surface area (Å²) in [6, 6.07) is 24.4. The Morgan fingerprint density at radius 3 is 1.12 bits per heavy atom. The quantitative estimate of drug-likeness (QED) is 0.0848. The van der Waals surface area contributed by atoms with E-state index in [9.17, 15) is 19.2 Å². The van der Waals surface area contributed by atoms with Crippen molar-refractivity contribution >= 4 is 23.9 Å². The fraction of sp³-hybridized carbons (Fsp3) is 0.122. The van der Waals surface area contributed by atoms with E-state index in [1.165, 1.54) is 52.0 Å². The molecular weight excluding hydrogens is 620 g/mol. The summed E-state index contributed by atoms with van der Waals surface area (Å²) in [6.07, 6.45) is 0. The molecule has 0 heterocycles. The highest BCUT2D eigenvalue weighted by Gasteiger charge is 2.50. The van der Waals surface area contributed by atoms with Gasteiger partial charge in [-0.05, 0) is 86.3 Å². The van der Waals surface area contributed by atoms with Gasteiger partial charge < -0.3 is 18.9 Å². The summed E-state index contributed by atoms with van der Waals surface area (Å²) in [5.41, 5.74) is 3.00. The van der Waals surface area contributed by atoms with Gasteiger partial charge in [-0.3, -0.25) is 0 Å². The standard InChI is InChI=1S/C41H34O8/c1-23(2)37(42)46-27-17-19-35(48-39(44)25(5)6)33(21-27)41(31-15-11-9-13-29(31)30-14-10-12-16-32(30)41)34-22-28(47-38(43)24(3)4)18-20-36(34)49-40(45)26(7)8/h9-22H,1,3,5,7H2,2,4,6,8H3. The SMILES string of the molecule is C=C(C)C(=O)Oc1ccc(OC(=O)C(=C)C)c(C2(c3cc(OC(=O)C(=C)C)ccc3OC(=O)C(=C)C)c3ccccc3-c3ccccc32)c1. The number of fused-ring (bicyclic) bond motifs is 3. The van der Waals surface area contributed by atoms with E-state index in [0.717, 1.165) is 11.1 Å². The molecule has 4 aromatic rings. The first kappa shape index (κ1) is 34.1. The lowest BCUT2D eigenvalue weighted by Gasteiger charge is -2.36. The molecule has 0 spiro atoms. The molecule has 0 radical (unpaired) electrons. The lowest BCUT2D eigenvalue weighted by molar-refractivity contribution is -0.131. The molecule has 0 bridgehead atoms. The van der Waals surface area contributed by atoms with Gasteiger partial charge in [-0.25, -0.2) is 19.2 Å². The Hall–Kier alpha value is -6.28. The highest BCUT2D eigenvalue weighted by molar-refractivity contribution is 5.94. The van der Waals surface area contributed by atoms with E-state index in [0.29, 0.717) is 22.3 Å². The van der Waals surface area contributed by atoms with Gasteiger partial charge in [0.15, 0.2) is 0 Å². The Morgan fingerprint density at radius 2 is 0.776 bits per heavy atom. The summed E-state index contributed by atoms with van der Waals surface area (Å²) in [5, 5.41) is 0. The highest BCUT2D eigenvalue weighted by atomic mass is 16.5. The molecule has 1 aliphatic rings. The molecule has 49 heavy (non-hydrogen) atoms. The van der Waals surface area contributed by atoms with Gasteiger partial charge in [0.25, 0.3) is 0 Å². The zero-order valence-corrected chi connectivity index (χ0v) is 27.7. The second-order valence-corrected chi connectivity index (χ2v) is 11.8. The van der Waals surface area contributed by atoms with E-state index in [4.69, 9.17) is 18.9 Å². The Morgan fingerprint density at radius 1 is 0.449 bits per heavy atom. The monoisotopic (exact) mass is 654 g/mol. The van der Waals surface area contributed by atoms with E-state index in [2.05, 4.69) is 26.3 Å². The molecule has 1 aliphatic carbocycles. The van der Waals surface area contributed by atoms with Crippen LogP contribution in [0.25, 0.3) is 11.1 Å². The van der Waals surface area contributed by atoms with Crippen LogP contribution in [0.2, 0.25) is 0 Å². The van der Waals surface area contributed by atoms with E-state index < -0.39 is 29.3 Å². The molecule has 0 aliphatic heterocycles. The van der Waals surface area contributed by atoms with Crippen molar-refractivity contribution in [1.82, 2.24) is 0 Å². The topological polar surface area (TPSA) is 105 Å². The van der Waals surface area contributed by atoms with Gasteiger partial charge in [0, 0.05) is 33.4 Å². The van der Waals surface area contributed by atoms with Crippen molar-refractivity contribution in [2.24, 2.45) is 0 Å². The van der Waals surface area contributed by atoms with Gasteiger partial charge in [0.2, 0.25) is 0 Å². The maximum atomic E-state index is 13.1. The number of esters is 4. The molecular formula is C41H34O8. The smallest absolute Gasteiger partial charge is 0.338 e. The molecule has 0 saturated carbocycles. The molecule has 4 aromatic carbocycles. The second kappa shape index (κ2) is 13.4. The van der Waals surface area contributed by atoms with Crippen molar-refractivity contribution in [2.75, 3.05) is 0 Å². The normalized spacial score (nSPS) is 12.1. The first-order valence-corrected chi connectivity index (χ1v) is 15.2. The first-order valence-electron chi connectivity index (χ1n) is 15.2. The van der Waals surface area contributed by atoms with Crippen LogP contribution >= 0.6 is 0 Å². The number of hydrogen-bond acceptors (Lipinski definition) is 8. The van der Waals surface area contributed by atoms with Crippen LogP contribution in [0.5, 0.6) is 23.0 Å². The number of rotatable bonds is 10. The summed E-state index contributed by atoms with van der Waals surface area (Å²) < 4.78 is 23.3. The van der Waals surface area contributed by atoms with Crippen LogP contribution in [0.3, 0.4) is 0 Å². The Bertz CT molecular complexity index is 1960. The van der Waals surface area contributed by atoms with E-state index in [1.807, 2.05) is 48.5 Å². The molecule has 246 valence electrons. The van der Waals surface area contributed by atoms with Crippen molar-refractivity contribution in [1.29, 1.82) is 0 Å². The number of carbonyl (C=O) groups is 4. The van der Waals surface area contributed by atoms with Crippen LogP contribution in [-0.4, -0.2) is 23.9 Å². The Kier molecular flexibility index (Phi) is 9.35. The van der Waals surface area contributed by atoms with Crippen LogP contribution in [0.15, 0.2) is 134 Å². The second-order valence-electron chi connectivity index (χ2n) is 11.8. The minimum absolute atomic E-state index is 0.108. The van der Waals surface area contributed by atoms with Crippen molar-refractivity contribution in [3.63, 3.8) is 0 Å². The minimum Gasteiger partial charge on any atom is -0.423 e. The molecule has 0 N–H and O–H groups in total. The van der Waals surface area contributed by atoms with Crippen molar-refractivity contribution in [3.05, 3.63) is 156 Å². The molecule has 0 amide bonds.